The molecule has 1 amide bonds. The first kappa shape index (κ1) is 16.1. The lowest BCUT2D eigenvalue weighted by Gasteiger charge is -2.10. The van der Waals surface area contributed by atoms with E-state index < -0.39 is 22.7 Å². The number of hydrogen-bond donors (Lipinski definition) is 2. The number of amides is 1. The zero-order valence-electron chi connectivity index (χ0n) is 11.4. The van der Waals surface area contributed by atoms with Gasteiger partial charge in [-0.1, -0.05) is 29.5 Å². The standard InChI is InChI=1S/C13H12F3N3O2S/c1-21-8-5-3-2-4-7(8)6-18-11(20)9-10(13(14,15)16)19-12(17)22-9/h2-5H,6H2,1H3,(H2,17,19)(H,18,20). The predicted octanol–water partition coefficient (Wildman–Crippen LogP) is 2.68. The molecule has 0 fully saturated rings. The van der Waals surface area contributed by atoms with Crippen LogP contribution in [0.25, 0.3) is 0 Å². The Kier molecular flexibility index (Phi) is 4.55. The maximum atomic E-state index is 12.8. The molecule has 0 atom stereocenters. The van der Waals surface area contributed by atoms with Crippen molar-refractivity contribution in [3.8, 4) is 5.75 Å². The third-order valence-electron chi connectivity index (χ3n) is 2.75. The second kappa shape index (κ2) is 6.22. The van der Waals surface area contributed by atoms with Crippen LogP contribution < -0.4 is 15.8 Å². The van der Waals surface area contributed by atoms with Gasteiger partial charge >= 0.3 is 6.18 Å². The second-order valence-corrected chi connectivity index (χ2v) is 5.25. The fourth-order valence-corrected chi connectivity index (χ4v) is 2.56. The number of carbonyl (C=O) groups excluding carboxylic acids is 1. The van der Waals surface area contributed by atoms with Crippen LogP contribution in [0.2, 0.25) is 0 Å². The van der Waals surface area contributed by atoms with Crippen LogP contribution in [0.1, 0.15) is 20.9 Å². The number of para-hydroxylation sites is 1. The van der Waals surface area contributed by atoms with Gasteiger partial charge in [0.05, 0.1) is 7.11 Å². The van der Waals surface area contributed by atoms with Crippen LogP contribution in [0.15, 0.2) is 24.3 Å². The number of rotatable bonds is 4. The smallest absolute Gasteiger partial charge is 0.435 e. The molecular formula is C13H12F3N3O2S. The van der Waals surface area contributed by atoms with Crippen LogP contribution >= 0.6 is 11.3 Å². The normalized spacial score (nSPS) is 11.3. The number of nitrogen functional groups attached to an aromatic ring is 1. The summed E-state index contributed by atoms with van der Waals surface area (Å²) >= 11 is 0.498. The second-order valence-electron chi connectivity index (χ2n) is 4.22. The van der Waals surface area contributed by atoms with Crippen molar-refractivity contribution in [3.05, 3.63) is 40.4 Å². The van der Waals surface area contributed by atoms with Gasteiger partial charge in [-0.15, -0.1) is 0 Å². The topological polar surface area (TPSA) is 77.2 Å². The van der Waals surface area contributed by atoms with Crippen molar-refractivity contribution in [1.82, 2.24) is 10.3 Å². The van der Waals surface area contributed by atoms with E-state index in [1.807, 2.05) is 0 Å². The van der Waals surface area contributed by atoms with E-state index in [9.17, 15) is 18.0 Å². The zero-order chi connectivity index (χ0) is 16.3. The molecule has 1 aromatic heterocycles. The van der Waals surface area contributed by atoms with Gasteiger partial charge in [-0.25, -0.2) is 4.98 Å². The van der Waals surface area contributed by atoms with Gasteiger partial charge in [0, 0.05) is 12.1 Å². The van der Waals surface area contributed by atoms with Crippen LogP contribution in [-0.2, 0) is 12.7 Å². The van der Waals surface area contributed by atoms with Crippen molar-refractivity contribution >= 4 is 22.4 Å². The summed E-state index contributed by atoms with van der Waals surface area (Å²) in [6, 6.07) is 6.86. The Morgan fingerprint density at radius 2 is 2.09 bits per heavy atom. The summed E-state index contributed by atoms with van der Waals surface area (Å²) in [5, 5.41) is 2.10. The highest BCUT2D eigenvalue weighted by atomic mass is 32.1. The Hall–Kier alpha value is -2.29. The highest BCUT2D eigenvalue weighted by molar-refractivity contribution is 7.17. The number of anilines is 1. The molecule has 22 heavy (non-hydrogen) atoms. The summed E-state index contributed by atoms with van der Waals surface area (Å²) in [6.07, 6.45) is -4.73. The zero-order valence-corrected chi connectivity index (χ0v) is 12.2. The summed E-state index contributed by atoms with van der Waals surface area (Å²) in [5.74, 6) is -0.352. The molecule has 0 saturated carbocycles. The minimum absolute atomic E-state index is 0.0257. The maximum absolute atomic E-state index is 12.8. The van der Waals surface area contributed by atoms with E-state index in [1.165, 1.54) is 7.11 Å². The Labute approximate surface area is 127 Å². The average Bonchev–Trinajstić information content (AvgIpc) is 2.87. The van der Waals surface area contributed by atoms with E-state index in [2.05, 4.69) is 10.3 Å². The van der Waals surface area contributed by atoms with Gasteiger partial charge in [-0.2, -0.15) is 13.2 Å². The fraction of sp³-hybridized carbons (Fsp3) is 0.231. The highest BCUT2D eigenvalue weighted by Gasteiger charge is 2.39. The van der Waals surface area contributed by atoms with Gasteiger partial charge < -0.3 is 15.8 Å². The van der Waals surface area contributed by atoms with Gasteiger partial charge in [0.15, 0.2) is 10.8 Å². The molecule has 0 aliphatic carbocycles. The summed E-state index contributed by atoms with van der Waals surface area (Å²) in [4.78, 5) is 14.6. The minimum atomic E-state index is -4.73. The van der Waals surface area contributed by atoms with Crippen molar-refractivity contribution < 1.29 is 22.7 Å². The first-order valence-corrected chi connectivity index (χ1v) is 6.88. The molecule has 1 aromatic carbocycles. The maximum Gasteiger partial charge on any atom is 0.435 e. The van der Waals surface area contributed by atoms with Crippen LogP contribution in [0, 0.1) is 0 Å². The number of thiazole rings is 1. The molecule has 0 unspecified atom stereocenters. The summed E-state index contributed by atoms with van der Waals surface area (Å²) in [7, 11) is 1.46. The monoisotopic (exact) mass is 331 g/mol. The van der Waals surface area contributed by atoms with Crippen molar-refractivity contribution in [1.29, 1.82) is 0 Å². The van der Waals surface area contributed by atoms with Crippen LogP contribution in [0.5, 0.6) is 5.75 Å². The number of hydrogen-bond acceptors (Lipinski definition) is 5. The van der Waals surface area contributed by atoms with Crippen molar-refractivity contribution in [2.75, 3.05) is 12.8 Å². The van der Waals surface area contributed by atoms with Crippen LogP contribution in [0.4, 0.5) is 18.3 Å². The number of aromatic nitrogens is 1. The molecule has 0 radical (unpaired) electrons. The average molecular weight is 331 g/mol. The van der Waals surface area contributed by atoms with E-state index in [0.717, 1.165) is 0 Å². The summed E-state index contributed by atoms with van der Waals surface area (Å²) < 4.78 is 43.5. The quantitative estimate of drug-likeness (QED) is 0.903. The fourth-order valence-electron chi connectivity index (χ4n) is 1.79. The van der Waals surface area contributed by atoms with E-state index in [4.69, 9.17) is 10.5 Å². The molecular weight excluding hydrogens is 319 g/mol. The molecule has 0 bridgehead atoms. The SMILES string of the molecule is COc1ccccc1CNC(=O)c1sc(N)nc1C(F)(F)F. The van der Waals surface area contributed by atoms with Crippen LogP contribution in [-0.4, -0.2) is 18.0 Å². The van der Waals surface area contributed by atoms with Gasteiger partial charge in [0.25, 0.3) is 5.91 Å². The third kappa shape index (κ3) is 3.48. The van der Waals surface area contributed by atoms with E-state index in [-0.39, 0.29) is 11.7 Å². The largest absolute Gasteiger partial charge is 0.496 e. The molecule has 0 spiro atoms. The van der Waals surface area contributed by atoms with Gasteiger partial charge in [0.1, 0.15) is 10.6 Å². The third-order valence-corrected chi connectivity index (χ3v) is 3.63. The first-order chi connectivity index (χ1) is 10.3. The number of nitrogens with two attached hydrogens (primary N) is 1. The van der Waals surface area contributed by atoms with E-state index in [0.29, 0.717) is 22.6 Å². The Balaban J connectivity index is 2.17. The van der Waals surface area contributed by atoms with Crippen molar-refractivity contribution in [3.63, 3.8) is 0 Å². The van der Waals surface area contributed by atoms with Gasteiger partial charge in [-0.3, -0.25) is 4.79 Å². The number of ether oxygens (including phenoxy) is 1. The number of halogens is 3. The van der Waals surface area contributed by atoms with Crippen molar-refractivity contribution in [2.24, 2.45) is 0 Å². The van der Waals surface area contributed by atoms with Gasteiger partial charge in [-0.05, 0) is 6.07 Å². The minimum Gasteiger partial charge on any atom is -0.496 e. The lowest BCUT2D eigenvalue weighted by molar-refractivity contribution is -0.141. The molecule has 0 saturated heterocycles. The molecule has 5 nitrogen and oxygen atoms in total. The molecule has 0 aliphatic heterocycles. The number of alkyl halides is 3. The predicted molar refractivity (Wildman–Crippen MR) is 75.7 cm³/mol. The van der Waals surface area contributed by atoms with E-state index >= 15 is 0 Å². The summed E-state index contributed by atoms with van der Waals surface area (Å²) in [5.41, 5.74) is 4.65. The number of methoxy groups -OCH3 is 1. The highest BCUT2D eigenvalue weighted by Crippen LogP contribution is 2.35. The number of carbonyl (C=O) groups is 1. The number of benzene rings is 1. The molecule has 3 N–H and O–H groups in total. The number of nitrogens with one attached hydrogen (secondary N) is 1. The molecule has 2 aromatic rings. The van der Waals surface area contributed by atoms with Crippen molar-refractivity contribution in [2.45, 2.75) is 12.7 Å². The molecule has 9 heteroatoms. The Morgan fingerprint density at radius 3 is 2.73 bits per heavy atom. The molecule has 2 rings (SSSR count). The lowest BCUT2D eigenvalue weighted by Crippen LogP contribution is -2.25. The number of nitrogens with zero attached hydrogens (tertiary/aromatic N) is 1. The lowest BCUT2D eigenvalue weighted by atomic mass is 10.2. The molecule has 0 aliphatic rings. The first-order valence-electron chi connectivity index (χ1n) is 6.06. The Bertz CT molecular complexity index is 685. The van der Waals surface area contributed by atoms with Crippen LogP contribution in [0.3, 0.4) is 0 Å². The van der Waals surface area contributed by atoms with Gasteiger partial charge in [0.2, 0.25) is 0 Å². The Morgan fingerprint density at radius 1 is 1.41 bits per heavy atom. The summed E-state index contributed by atoms with van der Waals surface area (Å²) in [6.45, 7) is 0.0257. The molecule has 1 heterocycles. The molecule has 118 valence electrons. The van der Waals surface area contributed by atoms with E-state index in [1.54, 1.807) is 24.3 Å².